The highest BCUT2D eigenvalue weighted by molar-refractivity contribution is 5.84. The summed E-state index contributed by atoms with van der Waals surface area (Å²) in [5.74, 6) is 0.0183. The topological polar surface area (TPSA) is 78.5 Å². The zero-order valence-corrected chi connectivity index (χ0v) is 14.6. The van der Waals surface area contributed by atoms with Crippen LogP contribution >= 0.6 is 0 Å². The highest BCUT2D eigenvalue weighted by atomic mass is 19.1. The Balaban J connectivity index is 1.41. The standard InChI is InChI=1S/C20H24FNO4/c21-15-1-3-16(4-2-15)26-11-17(23)22-18(19(24)25)20-8-12-5-13(9-20)7-14(6-12)10-20/h1-4,12-14,18H,5-11H2,(H,22,23)(H,24,25)/p-1/t12?,13?,14?,18-,20?/m1/s1. The van der Waals surface area contributed by atoms with Crippen molar-refractivity contribution in [3.63, 3.8) is 0 Å². The number of carbonyl (C=O) groups is 2. The number of aliphatic carboxylic acids is 1. The van der Waals surface area contributed by atoms with E-state index < -0.39 is 17.9 Å². The second-order valence-electron chi connectivity index (χ2n) is 8.34. The molecule has 4 aliphatic rings. The third kappa shape index (κ3) is 3.29. The highest BCUT2D eigenvalue weighted by Crippen LogP contribution is 2.61. The van der Waals surface area contributed by atoms with E-state index >= 15 is 0 Å². The minimum Gasteiger partial charge on any atom is -0.548 e. The summed E-state index contributed by atoms with van der Waals surface area (Å²) in [6.07, 6.45) is 6.16. The molecule has 1 aromatic carbocycles. The Kier molecular flexibility index (Phi) is 4.37. The first-order valence-electron chi connectivity index (χ1n) is 9.32. The van der Waals surface area contributed by atoms with E-state index in [0.29, 0.717) is 23.5 Å². The Morgan fingerprint density at radius 3 is 2.15 bits per heavy atom. The maximum Gasteiger partial charge on any atom is 0.258 e. The van der Waals surface area contributed by atoms with Crippen LogP contribution in [0.2, 0.25) is 0 Å². The molecule has 0 aliphatic heterocycles. The number of halogens is 1. The highest BCUT2D eigenvalue weighted by Gasteiger charge is 2.54. The van der Waals surface area contributed by atoms with Crippen LogP contribution in [0.15, 0.2) is 24.3 Å². The lowest BCUT2D eigenvalue weighted by Crippen LogP contribution is -2.63. The molecule has 4 fully saturated rings. The molecule has 4 saturated carbocycles. The molecule has 26 heavy (non-hydrogen) atoms. The fourth-order valence-electron chi connectivity index (χ4n) is 5.88. The Hall–Kier alpha value is -2.11. The van der Waals surface area contributed by atoms with Crippen molar-refractivity contribution in [3.05, 3.63) is 30.1 Å². The second kappa shape index (κ2) is 6.56. The molecule has 1 atom stereocenters. The minimum atomic E-state index is -1.21. The molecule has 4 bridgehead atoms. The molecule has 0 heterocycles. The van der Waals surface area contributed by atoms with Gasteiger partial charge in [0.1, 0.15) is 11.6 Å². The maximum absolute atomic E-state index is 12.9. The number of ether oxygens (including phenoxy) is 1. The van der Waals surface area contributed by atoms with Crippen LogP contribution < -0.4 is 15.2 Å². The van der Waals surface area contributed by atoms with Crippen molar-refractivity contribution in [1.82, 2.24) is 5.32 Å². The first-order valence-corrected chi connectivity index (χ1v) is 9.32. The number of carbonyl (C=O) groups excluding carboxylic acids is 2. The van der Waals surface area contributed by atoms with Crippen LogP contribution in [0.5, 0.6) is 5.75 Å². The molecule has 0 spiro atoms. The Bertz CT molecular complexity index is 667. The van der Waals surface area contributed by atoms with Gasteiger partial charge >= 0.3 is 0 Å². The van der Waals surface area contributed by atoms with Crippen LogP contribution in [0.25, 0.3) is 0 Å². The van der Waals surface area contributed by atoms with Gasteiger partial charge in [0, 0.05) is 0 Å². The van der Waals surface area contributed by atoms with Gasteiger partial charge in [-0.05, 0) is 86.0 Å². The van der Waals surface area contributed by atoms with Gasteiger partial charge in [-0.2, -0.15) is 0 Å². The fraction of sp³-hybridized carbons (Fsp3) is 0.600. The molecule has 5 rings (SSSR count). The molecule has 0 radical (unpaired) electrons. The molecule has 1 N–H and O–H groups in total. The molecule has 6 heteroatoms. The summed E-state index contributed by atoms with van der Waals surface area (Å²) >= 11 is 0. The fourth-order valence-corrected chi connectivity index (χ4v) is 5.88. The summed E-state index contributed by atoms with van der Waals surface area (Å²) in [7, 11) is 0. The normalized spacial score (nSPS) is 32.9. The third-order valence-electron chi connectivity index (χ3n) is 6.42. The monoisotopic (exact) mass is 360 g/mol. The molecule has 0 unspecified atom stereocenters. The van der Waals surface area contributed by atoms with E-state index in [2.05, 4.69) is 5.32 Å². The SMILES string of the molecule is O=C(COc1ccc(F)cc1)N[C@H](C(=O)[O-])C12CC3CC(CC(C3)C1)C2. The molecular formula is C20H23FNO4-. The average Bonchev–Trinajstić information content (AvgIpc) is 2.57. The minimum absolute atomic E-state index is 0.304. The predicted molar refractivity (Wildman–Crippen MR) is 89.4 cm³/mol. The lowest BCUT2D eigenvalue weighted by atomic mass is 9.47. The van der Waals surface area contributed by atoms with Gasteiger partial charge < -0.3 is 20.0 Å². The van der Waals surface area contributed by atoms with Gasteiger partial charge in [0.05, 0.1) is 12.0 Å². The van der Waals surface area contributed by atoms with Gasteiger partial charge in [-0.15, -0.1) is 0 Å². The number of benzene rings is 1. The number of nitrogens with one attached hydrogen (secondary N) is 1. The predicted octanol–water partition coefficient (Wildman–Crippen LogP) is 1.66. The molecule has 0 saturated heterocycles. The molecular weight excluding hydrogens is 337 g/mol. The number of amides is 1. The van der Waals surface area contributed by atoms with E-state index in [0.717, 1.165) is 19.3 Å². The number of rotatable bonds is 6. The van der Waals surface area contributed by atoms with E-state index in [1.807, 2.05) is 0 Å². The van der Waals surface area contributed by atoms with Crippen molar-refractivity contribution < 1.29 is 23.8 Å². The lowest BCUT2D eigenvalue weighted by Gasteiger charge is -2.59. The summed E-state index contributed by atoms with van der Waals surface area (Å²) in [5.41, 5.74) is -0.376. The molecule has 0 aromatic heterocycles. The van der Waals surface area contributed by atoms with Crippen molar-refractivity contribution in [3.8, 4) is 5.75 Å². The van der Waals surface area contributed by atoms with Crippen LogP contribution in [-0.4, -0.2) is 24.5 Å². The summed E-state index contributed by atoms with van der Waals surface area (Å²) in [6.45, 7) is -0.304. The van der Waals surface area contributed by atoms with Crippen molar-refractivity contribution in [1.29, 1.82) is 0 Å². The summed E-state index contributed by atoms with van der Waals surface area (Å²) in [4.78, 5) is 24.1. The lowest BCUT2D eigenvalue weighted by molar-refractivity contribution is -0.313. The first kappa shape index (κ1) is 17.3. The Labute approximate surface area is 151 Å². The van der Waals surface area contributed by atoms with Crippen molar-refractivity contribution in [2.24, 2.45) is 23.2 Å². The van der Waals surface area contributed by atoms with Gasteiger partial charge in [0.25, 0.3) is 5.91 Å². The van der Waals surface area contributed by atoms with E-state index in [9.17, 15) is 19.1 Å². The van der Waals surface area contributed by atoms with Crippen LogP contribution in [0, 0.1) is 29.0 Å². The van der Waals surface area contributed by atoms with E-state index in [1.54, 1.807) is 0 Å². The maximum atomic E-state index is 12.9. The molecule has 5 nitrogen and oxygen atoms in total. The first-order chi connectivity index (χ1) is 12.4. The largest absolute Gasteiger partial charge is 0.548 e. The third-order valence-corrected chi connectivity index (χ3v) is 6.42. The molecule has 140 valence electrons. The van der Waals surface area contributed by atoms with E-state index in [4.69, 9.17) is 4.74 Å². The van der Waals surface area contributed by atoms with Crippen LogP contribution in [0.1, 0.15) is 38.5 Å². The van der Waals surface area contributed by atoms with Crippen molar-refractivity contribution >= 4 is 11.9 Å². The average molecular weight is 360 g/mol. The zero-order valence-electron chi connectivity index (χ0n) is 14.6. The Morgan fingerprint density at radius 2 is 1.65 bits per heavy atom. The van der Waals surface area contributed by atoms with Gasteiger partial charge in [-0.3, -0.25) is 4.79 Å². The zero-order chi connectivity index (χ0) is 18.3. The Morgan fingerprint density at radius 1 is 1.12 bits per heavy atom. The molecule has 1 amide bonds. The van der Waals surface area contributed by atoms with Gasteiger partial charge in [0.15, 0.2) is 6.61 Å². The van der Waals surface area contributed by atoms with Crippen molar-refractivity contribution in [2.75, 3.05) is 6.61 Å². The quantitative estimate of drug-likeness (QED) is 0.837. The van der Waals surface area contributed by atoms with Gasteiger partial charge in [-0.25, -0.2) is 4.39 Å². The number of hydrogen-bond donors (Lipinski definition) is 1. The second-order valence-corrected chi connectivity index (χ2v) is 8.34. The van der Waals surface area contributed by atoms with E-state index in [-0.39, 0.29) is 17.8 Å². The van der Waals surface area contributed by atoms with E-state index in [1.165, 1.54) is 43.5 Å². The molecule has 1 aromatic rings. The number of carboxylic acid groups (broad SMARTS) is 1. The van der Waals surface area contributed by atoms with Crippen LogP contribution in [0.4, 0.5) is 4.39 Å². The molecule has 4 aliphatic carbocycles. The van der Waals surface area contributed by atoms with Crippen LogP contribution in [-0.2, 0) is 9.59 Å². The number of hydrogen-bond acceptors (Lipinski definition) is 4. The summed E-state index contributed by atoms with van der Waals surface area (Å²) in [6, 6.07) is 4.37. The van der Waals surface area contributed by atoms with Crippen molar-refractivity contribution in [2.45, 2.75) is 44.6 Å². The van der Waals surface area contributed by atoms with Gasteiger partial charge in [-0.1, -0.05) is 0 Å². The van der Waals surface area contributed by atoms with Crippen LogP contribution in [0.3, 0.4) is 0 Å². The summed E-state index contributed by atoms with van der Waals surface area (Å²) < 4.78 is 18.2. The smallest absolute Gasteiger partial charge is 0.258 e. The van der Waals surface area contributed by atoms with Gasteiger partial charge in [0.2, 0.25) is 0 Å². The number of carboxylic acids is 1. The summed E-state index contributed by atoms with van der Waals surface area (Å²) in [5, 5.41) is 14.5.